The highest BCUT2D eigenvalue weighted by atomic mass is 16.6. The third-order valence-corrected chi connectivity index (χ3v) is 3.10. The molecule has 0 aliphatic rings. The lowest BCUT2D eigenvalue weighted by Gasteiger charge is -2.06. The van der Waals surface area contributed by atoms with Crippen molar-refractivity contribution < 1.29 is 14.5 Å². The van der Waals surface area contributed by atoms with Crippen LogP contribution in [0, 0.1) is 10.1 Å². The SMILES string of the molecule is NC(=O)c1ncn(-c2ccc(Oc3ccc([N+](=O)[O-])cc3)cc2)n1. The molecule has 0 saturated heterocycles. The van der Waals surface area contributed by atoms with Crippen molar-refractivity contribution in [2.75, 3.05) is 0 Å². The van der Waals surface area contributed by atoms with Crippen molar-refractivity contribution in [3.05, 3.63) is 70.8 Å². The number of carbonyl (C=O) groups is 1. The van der Waals surface area contributed by atoms with Crippen LogP contribution in [0.4, 0.5) is 5.69 Å². The van der Waals surface area contributed by atoms with Crippen molar-refractivity contribution in [3.63, 3.8) is 0 Å². The van der Waals surface area contributed by atoms with E-state index in [1.807, 2.05) is 0 Å². The minimum Gasteiger partial charge on any atom is -0.457 e. The number of carbonyl (C=O) groups excluding carboxylic acids is 1. The minimum atomic E-state index is -0.702. The number of primary amides is 1. The topological polar surface area (TPSA) is 126 Å². The van der Waals surface area contributed by atoms with E-state index in [0.717, 1.165) is 0 Å². The van der Waals surface area contributed by atoms with E-state index in [9.17, 15) is 14.9 Å². The van der Waals surface area contributed by atoms with Gasteiger partial charge in [-0.05, 0) is 36.4 Å². The van der Waals surface area contributed by atoms with Crippen LogP contribution in [0.1, 0.15) is 10.6 Å². The molecule has 1 amide bonds. The molecule has 120 valence electrons. The molecule has 3 rings (SSSR count). The average Bonchev–Trinajstić information content (AvgIpc) is 3.06. The van der Waals surface area contributed by atoms with Crippen molar-refractivity contribution in [2.45, 2.75) is 0 Å². The number of nitrogens with zero attached hydrogens (tertiary/aromatic N) is 4. The molecule has 0 unspecified atom stereocenters. The highest BCUT2D eigenvalue weighted by Crippen LogP contribution is 2.24. The Morgan fingerprint density at radius 3 is 2.17 bits per heavy atom. The first-order valence-corrected chi connectivity index (χ1v) is 6.77. The molecule has 24 heavy (non-hydrogen) atoms. The molecule has 1 heterocycles. The van der Waals surface area contributed by atoms with Gasteiger partial charge in [0.05, 0.1) is 10.6 Å². The summed E-state index contributed by atoms with van der Waals surface area (Å²) in [4.78, 5) is 24.9. The van der Waals surface area contributed by atoms with Gasteiger partial charge in [0.1, 0.15) is 17.8 Å². The summed E-state index contributed by atoms with van der Waals surface area (Å²) in [5.41, 5.74) is 5.77. The van der Waals surface area contributed by atoms with E-state index in [2.05, 4.69) is 10.1 Å². The predicted molar refractivity (Wildman–Crippen MR) is 83.0 cm³/mol. The maximum absolute atomic E-state index is 11.0. The highest BCUT2D eigenvalue weighted by molar-refractivity contribution is 5.88. The molecule has 0 radical (unpaired) electrons. The molecule has 0 atom stereocenters. The normalized spacial score (nSPS) is 10.3. The molecule has 0 spiro atoms. The fourth-order valence-electron chi connectivity index (χ4n) is 1.94. The maximum atomic E-state index is 11.0. The van der Waals surface area contributed by atoms with Gasteiger partial charge >= 0.3 is 0 Å². The van der Waals surface area contributed by atoms with Gasteiger partial charge in [-0.1, -0.05) is 0 Å². The molecule has 9 nitrogen and oxygen atoms in total. The number of nitro benzene ring substituents is 1. The number of hydrogen-bond acceptors (Lipinski definition) is 6. The zero-order valence-electron chi connectivity index (χ0n) is 12.2. The monoisotopic (exact) mass is 325 g/mol. The zero-order chi connectivity index (χ0) is 17.1. The van der Waals surface area contributed by atoms with Gasteiger partial charge in [-0.3, -0.25) is 14.9 Å². The number of hydrogen-bond donors (Lipinski definition) is 1. The van der Waals surface area contributed by atoms with Crippen LogP contribution >= 0.6 is 0 Å². The van der Waals surface area contributed by atoms with Gasteiger partial charge in [-0.15, -0.1) is 5.10 Å². The van der Waals surface area contributed by atoms with E-state index < -0.39 is 10.8 Å². The zero-order valence-corrected chi connectivity index (χ0v) is 12.2. The molecule has 2 N–H and O–H groups in total. The Hall–Kier alpha value is -3.75. The molecule has 2 aromatic carbocycles. The summed E-state index contributed by atoms with van der Waals surface area (Å²) in [5.74, 6) is 0.251. The Bertz CT molecular complexity index is 887. The number of aromatic nitrogens is 3. The summed E-state index contributed by atoms with van der Waals surface area (Å²) in [6.07, 6.45) is 1.38. The molecule has 0 aliphatic heterocycles. The Balaban J connectivity index is 1.74. The van der Waals surface area contributed by atoms with Gasteiger partial charge in [-0.2, -0.15) is 0 Å². The van der Waals surface area contributed by atoms with Crippen LogP contribution in [0.2, 0.25) is 0 Å². The second kappa shape index (κ2) is 6.16. The Morgan fingerprint density at radius 2 is 1.67 bits per heavy atom. The molecule has 1 aromatic heterocycles. The number of non-ortho nitro benzene ring substituents is 1. The van der Waals surface area contributed by atoms with E-state index in [1.54, 1.807) is 24.3 Å². The van der Waals surface area contributed by atoms with Crippen molar-refractivity contribution in [1.29, 1.82) is 0 Å². The fraction of sp³-hybridized carbons (Fsp3) is 0. The molecule has 9 heteroatoms. The molecular weight excluding hydrogens is 314 g/mol. The van der Waals surface area contributed by atoms with E-state index in [0.29, 0.717) is 17.2 Å². The summed E-state index contributed by atoms with van der Waals surface area (Å²) < 4.78 is 7.02. The first-order chi connectivity index (χ1) is 11.5. The van der Waals surface area contributed by atoms with Gasteiger partial charge in [0.25, 0.3) is 11.6 Å². The van der Waals surface area contributed by atoms with Gasteiger partial charge in [0, 0.05) is 12.1 Å². The molecule has 0 fully saturated rings. The summed E-state index contributed by atoms with van der Waals surface area (Å²) >= 11 is 0. The van der Waals surface area contributed by atoms with Crippen molar-refractivity contribution >= 4 is 11.6 Å². The smallest absolute Gasteiger partial charge is 0.288 e. The van der Waals surface area contributed by atoms with E-state index in [4.69, 9.17) is 10.5 Å². The lowest BCUT2D eigenvalue weighted by molar-refractivity contribution is -0.384. The Morgan fingerprint density at radius 1 is 1.08 bits per heavy atom. The van der Waals surface area contributed by atoms with Crippen LogP contribution in [-0.2, 0) is 0 Å². The highest BCUT2D eigenvalue weighted by Gasteiger charge is 2.08. The Labute approximate surface area is 135 Å². The second-order valence-electron chi connectivity index (χ2n) is 4.72. The van der Waals surface area contributed by atoms with E-state index >= 15 is 0 Å². The van der Waals surface area contributed by atoms with E-state index in [-0.39, 0.29) is 11.5 Å². The largest absolute Gasteiger partial charge is 0.457 e. The number of benzene rings is 2. The van der Waals surface area contributed by atoms with Crippen LogP contribution in [0.5, 0.6) is 11.5 Å². The quantitative estimate of drug-likeness (QED) is 0.565. The summed E-state index contributed by atoms with van der Waals surface area (Å²) in [6.45, 7) is 0. The maximum Gasteiger partial charge on any atom is 0.288 e. The third kappa shape index (κ3) is 3.19. The molecule has 0 saturated carbocycles. The van der Waals surface area contributed by atoms with Gasteiger partial charge in [-0.25, -0.2) is 9.67 Å². The number of ether oxygens (including phenoxy) is 1. The first-order valence-electron chi connectivity index (χ1n) is 6.77. The molecule has 0 bridgehead atoms. The van der Waals surface area contributed by atoms with Crippen LogP contribution in [0.25, 0.3) is 5.69 Å². The van der Waals surface area contributed by atoms with Crippen LogP contribution in [0.15, 0.2) is 54.9 Å². The Kier molecular flexibility index (Phi) is 3.89. The van der Waals surface area contributed by atoms with Crippen molar-refractivity contribution in [1.82, 2.24) is 14.8 Å². The van der Waals surface area contributed by atoms with Gasteiger partial charge < -0.3 is 10.5 Å². The van der Waals surface area contributed by atoms with Crippen LogP contribution in [0.3, 0.4) is 0 Å². The summed E-state index contributed by atoms with van der Waals surface area (Å²) in [7, 11) is 0. The van der Waals surface area contributed by atoms with Gasteiger partial charge in [0.15, 0.2) is 0 Å². The first kappa shape index (κ1) is 15.2. The summed E-state index contributed by atoms with van der Waals surface area (Å²) in [5, 5.41) is 14.6. The number of amides is 1. The number of nitro groups is 1. The molecule has 0 aliphatic carbocycles. The van der Waals surface area contributed by atoms with Crippen molar-refractivity contribution in [3.8, 4) is 17.2 Å². The van der Waals surface area contributed by atoms with Crippen molar-refractivity contribution in [2.24, 2.45) is 5.73 Å². The average molecular weight is 325 g/mol. The molecule has 3 aromatic rings. The van der Waals surface area contributed by atoms with Gasteiger partial charge in [0.2, 0.25) is 5.82 Å². The molecular formula is C15H11N5O4. The van der Waals surface area contributed by atoms with Crippen LogP contribution in [-0.4, -0.2) is 25.6 Å². The lowest BCUT2D eigenvalue weighted by Crippen LogP contribution is -2.13. The summed E-state index contributed by atoms with van der Waals surface area (Å²) in [6, 6.07) is 12.6. The standard InChI is InChI=1S/C15H11N5O4/c16-14(21)15-17-9-19(18-15)10-1-5-12(6-2-10)24-13-7-3-11(4-8-13)20(22)23/h1-9H,(H2,16,21). The predicted octanol–water partition coefficient (Wildman–Crippen LogP) is 2.07. The fourth-order valence-corrected chi connectivity index (χ4v) is 1.94. The number of nitrogens with two attached hydrogens (primary N) is 1. The van der Waals surface area contributed by atoms with Crippen LogP contribution < -0.4 is 10.5 Å². The minimum absolute atomic E-state index is 0.00543. The number of rotatable bonds is 5. The third-order valence-electron chi connectivity index (χ3n) is 3.10. The lowest BCUT2D eigenvalue weighted by atomic mass is 10.3. The van der Waals surface area contributed by atoms with E-state index in [1.165, 1.54) is 35.3 Å². The second-order valence-corrected chi connectivity index (χ2v) is 4.72.